The second-order valence-corrected chi connectivity index (χ2v) is 3.39. The van der Waals surface area contributed by atoms with E-state index < -0.39 is 0 Å². The van der Waals surface area contributed by atoms with Crippen LogP contribution in [0.15, 0.2) is 40.8 Å². The third-order valence-electron chi connectivity index (χ3n) is 2.24. The van der Waals surface area contributed by atoms with E-state index in [2.05, 4.69) is 15.2 Å². The second kappa shape index (κ2) is 4.65. The summed E-state index contributed by atoms with van der Waals surface area (Å²) in [5, 5.41) is 26.4. The second-order valence-electron chi connectivity index (χ2n) is 3.39. The number of hydrogen-bond donors (Lipinski definition) is 2. The van der Waals surface area contributed by atoms with Crippen molar-refractivity contribution in [3.8, 4) is 11.5 Å². The Labute approximate surface area is 97.9 Å². The van der Waals surface area contributed by atoms with E-state index in [0.717, 1.165) is 6.54 Å². The van der Waals surface area contributed by atoms with Gasteiger partial charge in [0.1, 0.15) is 17.2 Å². The number of benzene rings is 1. The molecule has 6 nitrogen and oxygen atoms in total. The molecule has 2 N–H and O–H groups in total. The Bertz CT molecular complexity index is 548. The first-order valence-electron chi connectivity index (χ1n) is 5.15. The summed E-state index contributed by atoms with van der Waals surface area (Å²) in [5.74, 6) is 0.333. The fourth-order valence-electron chi connectivity index (χ4n) is 1.35. The zero-order valence-electron chi connectivity index (χ0n) is 9.28. The van der Waals surface area contributed by atoms with Crippen LogP contribution in [0.3, 0.4) is 0 Å². The minimum absolute atomic E-state index is 0.0171. The first kappa shape index (κ1) is 11.1. The maximum atomic E-state index is 9.51. The number of aryl methyl sites for hydroxylation is 1. The van der Waals surface area contributed by atoms with E-state index in [1.54, 1.807) is 12.4 Å². The van der Waals surface area contributed by atoms with Crippen LogP contribution >= 0.6 is 0 Å². The molecule has 1 aromatic heterocycles. The molecule has 1 heterocycles. The molecule has 0 saturated heterocycles. The van der Waals surface area contributed by atoms with Crippen LogP contribution in [0.5, 0.6) is 11.5 Å². The first-order chi connectivity index (χ1) is 8.20. The van der Waals surface area contributed by atoms with Gasteiger partial charge in [-0.1, -0.05) is 0 Å². The summed E-state index contributed by atoms with van der Waals surface area (Å²) < 4.78 is 1.82. The summed E-state index contributed by atoms with van der Waals surface area (Å²) in [5.41, 5.74) is 0.286. The molecule has 1 aromatic carbocycles. The zero-order chi connectivity index (χ0) is 12.3. The van der Waals surface area contributed by atoms with Gasteiger partial charge in [-0.25, -0.2) is 4.98 Å². The summed E-state index contributed by atoms with van der Waals surface area (Å²) in [6, 6.07) is 4.12. The molecule has 0 bridgehead atoms. The average Bonchev–Trinajstić information content (AvgIpc) is 2.75. The van der Waals surface area contributed by atoms with E-state index in [0.29, 0.717) is 5.95 Å². The van der Waals surface area contributed by atoms with Gasteiger partial charge in [-0.3, -0.25) is 0 Å². The lowest BCUT2D eigenvalue weighted by Crippen LogP contribution is -1.89. The van der Waals surface area contributed by atoms with Crippen LogP contribution in [0.2, 0.25) is 0 Å². The van der Waals surface area contributed by atoms with Gasteiger partial charge in [-0.15, -0.1) is 10.2 Å². The van der Waals surface area contributed by atoms with Crippen molar-refractivity contribution >= 4 is 11.6 Å². The van der Waals surface area contributed by atoms with E-state index in [1.807, 2.05) is 11.5 Å². The van der Waals surface area contributed by atoms with Crippen molar-refractivity contribution in [3.05, 3.63) is 30.6 Å². The molecule has 0 aliphatic carbocycles. The average molecular weight is 232 g/mol. The quantitative estimate of drug-likeness (QED) is 0.798. The molecule has 88 valence electrons. The third-order valence-corrected chi connectivity index (χ3v) is 2.24. The number of azo groups is 1. The molecule has 2 rings (SSSR count). The van der Waals surface area contributed by atoms with Crippen LogP contribution in [-0.4, -0.2) is 19.8 Å². The maximum Gasteiger partial charge on any atom is 0.249 e. The summed E-state index contributed by atoms with van der Waals surface area (Å²) in [6.07, 6.45) is 3.43. The van der Waals surface area contributed by atoms with E-state index >= 15 is 0 Å². The SMILES string of the molecule is CCn1ccnc1N=Nc1ccc(O)cc1O. The number of aromatic hydroxyl groups is 2. The molecule has 0 spiro atoms. The fourth-order valence-corrected chi connectivity index (χ4v) is 1.35. The molecular weight excluding hydrogens is 220 g/mol. The molecule has 17 heavy (non-hydrogen) atoms. The van der Waals surface area contributed by atoms with Crippen LogP contribution in [0.4, 0.5) is 11.6 Å². The van der Waals surface area contributed by atoms with Gasteiger partial charge >= 0.3 is 0 Å². The van der Waals surface area contributed by atoms with Gasteiger partial charge in [-0.05, 0) is 19.1 Å². The van der Waals surface area contributed by atoms with Gasteiger partial charge in [0.05, 0.1) is 0 Å². The number of phenolic OH excluding ortho intramolecular Hbond substituents is 2. The summed E-state index contributed by atoms with van der Waals surface area (Å²) in [7, 11) is 0. The predicted molar refractivity (Wildman–Crippen MR) is 61.8 cm³/mol. The monoisotopic (exact) mass is 232 g/mol. The van der Waals surface area contributed by atoms with Crippen molar-refractivity contribution in [1.29, 1.82) is 0 Å². The third kappa shape index (κ3) is 2.41. The van der Waals surface area contributed by atoms with Crippen LogP contribution in [0.25, 0.3) is 0 Å². The van der Waals surface area contributed by atoms with Crippen molar-refractivity contribution in [2.45, 2.75) is 13.5 Å². The summed E-state index contributed by atoms with van der Waals surface area (Å²) in [6.45, 7) is 2.72. The van der Waals surface area contributed by atoms with E-state index in [4.69, 9.17) is 5.11 Å². The van der Waals surface area contributed by atoms with Gasteiger partial charge in [0.15, 0.2) is 0 Å². The standard InChI is InChI=1S/C11H12N4O2/c1-2-15-6-5-12-11(15)14-13-9-4-3-8(16)7-10(9)17/h3-7,16-17H,2H2,1H3. The van der Waals surface area contributed by atoms with Gasteiger partial charge in [0, 0.05) is 25.0 Å². The lowest BCUT2D eigenvalue weighted by atomic mass is 10.3. The lowest BCUT2D eigenvalue weighted by molar-refractivity contribution is 0.451. The Morgan fingerprint density at radius 1 is 1.29 bits per heavy atom. The molecule has 0 aliphatic heterocycles. The number of phenols is 2. The van der Waals surface area contributed by atoms with Crippen LogP contribution in [0, 0.1) is 0 Å². The smallest absolute Gasteiger partial charge is 0.249 e. The van der Waals surface area contributed by atoms with Crippen LogP contribution in [0.1, 0.15) is 6.92 Å². The van der Waals surface area contributed by atoms with E-state index in [9.17, 15) is 5.11 Å². The highest BCUT2D eigenvalue weighted by atomic mass is 16.3. The Morgan fingerprint density at radius 3 is 2.82 bits per heavy atom. The summed E-state index contributed by atoms with van der Waals surface area (Å²) in [4.78, 5) is 4.02. The van der Waals surface area contributed by atoms with Crippen LogP contribution < -0.4 is 0 Å². The molecule has 0 fully saturated rings. The Hall–Kier alpha value is -2.37. The van der Waals surface area contributed by atoms with Gasteiger partial charge in [0.25, 0.3) is 0 Å². The lowest BCUT2D eigenvalue weighted by Gasteiger charge is -1.99. The predicted octanol–water partition coefficient (Wildman–Crippen LogP) is 2.73. The highest BCUT2D eigenvalue weighted by molar-refractivity contribution is 5.53. The van der Waals surface area contributed by atoms with Crippen molar-refractivity contribution < 1.29 is 10.2 Å². The fraction of sp³-hybridized carbons (Fsp3) is 0.182. The number of imidazole rings is 1. The number of aromatic nitrogens is 2. The molecule has 0 radical (unpaired) electrons. The molecule has 0 aliphatic rings. The summed E-state index contributed by atoms with van der Waals surface area (Å²) >= 11 is 0. The zero-order valence-corrected chi connectivity index (χ0v) is 9.28. The minimum atomic E-state index is -0.122. The molecular formula is C11H12N4O2. The molecule has 0 unspecified atom stereocenters. The van der Waals surface area contributed by atoms with Crippen molar-refractivity contribution in [3.63, 3.8) is 0 Å². The Kier molecular flexibility index (Phi) is 3.04. The maximum absolute atomic E-state index is 9.51. The number of rotatable bonds is 3. The van der Waals surface area contributed by atoms with E-state index in [1.165, 1.54) is 18.2 Å². The van der Waals surface area contributed by atoms with E-state index in [-0.39, 0.29) is 17.2 Å². The van der Waals surface area contributed by atoms with Crippen LogP contribution in [-0.2, 0) is 6.54 Å². The minimum Gasteiger partial charge on any atom is -0.508 e. The van der Waals surface area contributed by atoms with Crippen molar-refractivity contribution in [2.75, 3.05) is 0 Å². The highest BCUT2D eigenvalue weighted by Gasteiger charge is 2.02. The molecule has 0 amide bonds. The topological polar surface area (TPSA) is 83.0 Å². The molecule has 0 atom stereocenters. The largest absolute Gasteiger partial charge is 0.508 e. The van der Waals surface area contributed by atoms with Crippen molar-refractivity contribution in [1.82, 2.24) is 9.55 Å². The van der Waals surface area contributed by atoms with Gasteiger partial charge in [-0.2, -0.15) is 0 Å². The molecule has 2 aromatic rings. The number of hydrogen-bond acceptors (Lipinski definition) is 5. The van der Waals surface area contributed by atoms with Crippen molar-refractivity contribution in [2.24, 2.45) is 10.2 Å². The first-order valence-corrected chi connectivity index (χ1v) is 5.15. The molecule has 6 heteroatoms. The Balaban J connectivity index is 2.26. The number of nitrogens with zero attached hydrogens (tertiary/aromatic N) is 4. The van der Waals surface area contributed by atoms with Gasteiger partial charge < -0.3 is 14.8 Å². The highest BCUT2D eigenvalue weighted by Crippen LogP contribution is 2.30. The normalized spacial score (nSPS) is 11.1. The molecule has 0 saturated carbocycles. The van der Waals surface area contributed by atoms with Gasteiger partial charge in [0.2, 0.25) is 5.95 Å². The Morgan fingerprint density at radius 2 is 2.12 bits per heavy atom.